The van der Waals surface area contributed by atoms with E-state index in [1.807, 2.05) is 11.5 Å². The van der Waals surface area contributed by atoms with Gasteiger partial charge in [-0.1, -0.05) is 0 Å². The number of hydrogen-bond acceptors (Lipinski definition) is 3. The highest BCUT2D eigenvalue weighted by atomic mass is 32.1. The zero-order chi connectivity index (χ0) is 11.3. The van der Waals surface area contributed by atoms with Crippen molar-refractivity contribution < 1.29 is 4.74 Å². The number of nitrogens with one attached hydrogen (secondary N) is 1. The van der Waals surface area contributed by atoms with Gasteiger partial charge in [0.25, 0.3) is 0 Å². The molecule has 0 aliphatic rings. The summed E-state index contributed by atoms with van der Waals surface area (Å²) in [4.78, 5) is 0. The Morgan fingerprint density at radius 1 is 1.47 bits per heavy atom. The van der Waals surface area contributed by atoms with E-state index in [-0.39, 0.29) is 0 Å². The number of aromatic nitrogens is 3. The van der Waals surface area contributed by atoms with Crippen molar-refractivity contribution in [2.24, 2.45) is 0 Å². The quantitative estimate of drug-likeness (QED) is 0.602. The summed E-state index contributed by atoms with van der Waals surface area (Å²) >= 11 is 5.11. The van der Waals surface area contributed by atoms with Crippen LogP contribution in [0.4, 0.5) is 0 Å². The number of nitrogens with zero attached hydrogens (tertiary/aromatic N) is 2. The lowest BCUT2D eigenvalue weighted by atomic mass is 10.3. The SMILES string of the molecule is Cc1n[nH]c(=S)n1CCCCOC(C)C. The highest BCUT2D eigenvalue weighted by molar-refractivity contribution is 7.71. The van der Waals surface area contributed by atoms with Crippen molar-refractivity contribution in [1.29, 1.82) is 0 Å². The lowest BCUT2D eigenvalue weighted by molar-refractivity contribution is 0.0754. The van der Waals surface area contributed by atoms with Crippen molar-refractivity contribution in [2.45, 2.75) is 46.3 Å². The topological polar surface area (TPSA) is 42.8 Å². The van der Waals surface area contributed by atoms with Gasteiger partial charge in [0.15, 0.2) is 4.77 Å². The van der Waals surface area contributed by atoms with Crippen LogP contribution in [0.15, 0.2) is 0 Å². The van der Waals surface area contributed by atoms with Gasteiger partial charge in [0.05, 0.1) is 6.10 Å². The zero-order valence-corrected chi connectivity index (χ0v) is 10.4. The van der Waals surface area contributed by atoms with Crippen LogP contribution in [-0.4, -0.2) is 27.5 Å². The Morgan fingerprint density at radius 3 is 2.73 bits per heavy atom. The van der Waals surface area contributed by atoms with Gasteiger partial charge in [-0.3, -0.25) is 5.10 Å². The Morgan fingerprint density at radius 2 is 2.20 bits per heavy atom. The minimum Gasteiger partial charge on any atom is -0.379 e. The van der Waals surface area contributed by atoms with Gasteiger partial charge in [0.1, 0.15) is 5.82 Å². The van der Waals surface area contributed by atoms with Crippen molar-refractivity contribution in [3.05, 3.63) is 10.6 Å². The maximum absolute atomic E-state index is 5.46. The van der Waals surface area contributed by atoms with Crippen LogP contribution >= 0.6 is 12.2 Å². The van der Waals surface area contributed by atoms with E-state index in [0.29, 0.717) is 10.9 Å². The van der Waals surface area contributed by atoms with Gasteiger partial charge in [-0.2, -0.15) is 5.10 Å². The van der Waals surface area contributed by atoms with Gasteiger partial charge < -0.3 is 9.30 Å². The van der Waals surface area contributed by atoms with Gasteiger partial charge in [-0.15, -0.1) is 0 Å². The molecule has 0 spiro atoms. The van der Waals surface area contributed by atoms with Crippen molar-refractivity contribution >= 4 is 12.2 Å². The lowest BCUT2D eigenvalue weighted by Crippen LogP contribution is -2.06. The molecule has 4 nitrogen and oxygen atoms in total. The molecular weight excluding hydrogens is 210 g/mol. The number of aryl methyl sites for hydroxylation is 1. The number of hydrogen-bond donors (Lipinski definition) is 1. The highest BCUT2D eigenvalue weighted by Gasteiger charge is 2.00. The van der Waals surface area contributed by atoms with Crippen molar-refractivity contribution in [3.8, 4) is 0 Å². The minimum absolute atomic E-state index is 0.322. The smallest absolute Gasteiger partial charge is 0.195 e. The van der Waals surface area contributed by atoms with E-state index in [0.717, 1.165) is 31.8 Å². The number of ether oxygens (including phenoxy) is 1. The zero-order valence-electron chi connectivity index (χ0n) is 9.62. The van der Waals surface area contributed by atoms with Crippen LogP contribution in [0.1, 0.15) is 32.5 Å². The maximum atomic E-state index is 5.46. The molecular formula is C10H19N3OS. The van der Waals surface area contributed by atoms with E-state index in [1.54, 1.807) is 0 Å². The molecule has 0 bridgehead atoms. The first-order chi connectivity index (χ1) is 7.11. The van der Waals surface area contributed by atoms with E-state index in [4.69, 9.17) is 17.0 Å². The molecule has 0 aromatic carbocycles. The Hall–Kier alpha value is -0.680. The fourth-order valence-electron chi connectivity index (χ4n) is 1.35. The molecule has 0 atom stereocenters. The van der Waals surface area contributed by atoms with Crippen LogP contribution in [0.3, 0.4) is 0 Å². The second kappa shape index (κ2) is 6.02. The summed E-state index contributed by atoms with van der Waals surface area (Å²) in [5.74, 6) is 0.949. The van der Waals surface area contributed by atoms with E-state index < -0.39 is 0 Å². The van der Waals surface area contributed by atoms with Crippen LogP contribution in [0.25, 0.3) is 0 Å². The number of rotatable bonds is 6. The van der Waals surface area contributed by atoms with Crippen molar-refractivity contribution in [1.82, 2.24) is 14.8 Å². The van der Waals surface area contributed by atoms with Gasteiger partial charge in [0, 0.05) is 13.2 Å². The molecule has 5 heteroatoms. The Bertz CT molecular complexity index is 343. The molecule has 0 saturated heterocycles. The van der Waals surface area contributed by atoms with E-state index in [1.165, 1.54) is 0 Å². The molecule has 1 N–H and O–H groups in total. The molecule has 0 amide bonds. The van der Waals surface area contributed by atoms with Gasteiger partial charge in [0.2, 0.25) is 0 Å². The highest BCUT2D eigenvalue weighted by Crippen LogP contribution is 2.01. The first-order valence-corrected chi connectivity index (χ1v) is 5.75. The molecule has 86 valence electrons. The molecule has 1 aromatic heterocycles. The lowest BCUT2D eigenvalue weighted by Gasteiger charge is -2.07. The molecule has 0 unspecified atom stereocenters. The number of aromatic amines is 1. The molecule has 1 rings (SSSR count). The summed E-state index contributed by atoms with van der Waals surface area (Å²) in [6.45, 7) is 7.80. The summed E-state index contributed by atoms with van der Waals surface area (Å²) < 4.78 is 8.19. The summed E-state index contributed by atoms with van der Waals surface area (Å²) in [5.41, 5.74) is 0. The first-order valence-electron chi connectivity index (χ1n) is 5.34. The standard InChI is InChI=1S/C10H19N3OS/c1-8(2)14-7-5-4-6-13-9(3)11-12-10(13)15/h8H,4-7H2,1-3H3,(H,12,15). The van der Waals surface area contributed by atoms with E-state index in [9.17, 15) is 0 Å². The summed E-state index contributed by atoms with van der Waals surface area (Å²) in [7, 11) is 0. The molecule has 0 aliphatic carbocycles. The molecule has 0 radical (unpaired) electrons. The second-order valence-corrected chi connectivity index (χ2v) is 4.24. The Kier molecular flexibility index (Phi) is 4.98. The fourth-order valence-corrected chi connectivity index (χ4v) is 1.62. The number of H-pyrrole nitrogens is 1. The normalized spacial score (nSPS) is 11.2. The van der Waals surface area contributed by atoms with Crippen LogP contribution in [-0.2, 0) is 11.3 Å². The van der Waals surface area contributed by atoms with Crippen molar-refractivity contribution in [2.75, 3.05) is 6.61 Å². The summed E-state index contributed by atoms with van der Waals surface area (Å²) in [6.07, 6.45) is 2.45. The molecule has 1 aromatic rings. The summed E-state index contributed by atoms with van der Waals surface area (Å²) in [6, 6.07) is 0. The molecule has 0 saturated carbocycles. The van der Waals surface area contributed by atoms with Crippen LogP contribution < -0.4 is 0 Å². The van der Waals surface area contributed by atoms with Gasteiger partial charge in [-0.25, -0.2) is 0 Å². The van der Waals surface area contributed by atoms with E-state index in [2.05, 4.69) is 24.0 Å². The van der Waals surface area contributed by atoms with Crippen LogP contribution in [0.5, 0.6) is 0 Å². The maximum Gasteiger partial charge on any atom is 0.195 e. The molecule has 0 fully saturated rings. The van der Waals surface area contributed by atoms with Crippen molar-refractivity contribution in [3.63, 3.8) is 0 Å². The monoisotopic (exact) mass is 229 g/mol. The Labute approximate surface area is 95.7 Å². The third-order valence-electron chi connectivity index (χ3n) is 2.18. The minimum atomic E-state index is 0.322. The third kappa shape index (κ3) is 4.13. The van der Waals surface area contributed by atoms with Crippen LogP contribution in [0, 0.1) is 11.7 Å². The average Bonchev–Trinajstić information content (AvgIpc) is 2.47. The van der Waals surface area contributed by atoms with Crippen LogP contribution in [0.2, 0.25) is 0 Å². The summed E-state index contributed by atoms with van der Waals surface area (Å²) in [5, 5.41) is 6.84. The van der Waals surface area contributed by atoms with E-state index >= 15 is 0 Å². The van der Waals surface area contributed by atoms with Gasteiger partial charge in [-0.05, 0) is 45.8 Å². The Balaban J connectivity index is 2.23. The fraction of sp³-hybridized carbons (Fsp3) is 0.800. The predicted molar refractivity (Wildman–Crippen MR) is 62.5 cm³/mol. The third-order valence-corrected chi connectivity index (χ3v) is 2.49. The predicted octanol–water partition coefficient (Wildman–Crippen LogP) is 2.45. The number of unbranched alkanes of at least 4 members (excludes halogenated alkanes) is 1. The molecule has 1 heterocycles. The molecule has 15 heavy (non-hydrogen) atoms. The first kappa shape index (κ1) is 12.4. The molecule has 0 aliphatic heterocycles. The second-order valence-electron chi connectivity index (χ2n) is 3.85. The largest absolute Gasteiger partial charge is 0.379 e. The van der Waals surface area contributed by atoms with Gasteiger partial charge >= 0.3 is 0 Å². The average molecular weight is 229 g/mol.